The Morgan fingerprint density at radius 2 is 1.74 bits per heavy atom. The molecule has 0 unspecified atom stereocenters. The van der Waals surface area contributed by atoms with E-state index in [2.05, 4.69) is 29.2 Å². The molecule has 1 aromatic carbocycles. The molecule has 1 saturated carbocycles. The van der Waals surface area contributed by atoms with E-state index in [1.807, 2.05) is 23.1 Å². The topological polar surface area (TPSA) is 40.6 Å². The SMILES string of the molecule is O=C(C1CCC1)N1CCC([C@@H]2CC=CCN(Cc3ccccc3)C2=O)CC1. The van der Waals surface area contributed by atoms with E-state index in [1.54, 1.807) is 0 Å². The van der Waals surface area contributed by atoms with Crippen LogP contribution in [-0.2, 0) is 16.1 Å². The number of rotatable bonds is 4. The number of nitrogens with zero attached hydrogens (tertiary/aromatic N) is 2. The molecule has 1 saturated heterocycles. The summed E-state index contributed by atoms with van der Waals surface area (Å²) < 4.78 is 0. The quantitative estimate of drug-likeness (QED) is 0.764. The van der Waals surface area contributed by atoms with Gasteiger partial charge in [-0.3, -0.25) is 9.59 Å². The average Bonchev–Trinajstić information content (AvgIpc) is 2.83. The maximum Gasteiger partial charge on any atom is 0.226 e. The minimum Gasteiger partial charge on any atom is -0.342 e. The summed E-state index contributed by atoms with van der Waals surface area (Å²) >= 11 is 0. The molecule has 27 heavy (non-hydrogen) atoms. The maximum atomic E-state index is 13.2. The third kappa shape index (κ3) is 4.10. The molecule has 4 rings (SSSR count). The summed E-state index contributed by atoms with van der Waals surface area (Å²) in [5.74, 6) is 1.38. The molecule has 2 amide bonds. The van der Waals surface area contributed by atoms with Crippen molar-refractivity contribution in [2.45, 2.75) is 45.1 Å². The summed E-state index contributed by atoms with van der Waals surface area (Å²) in [5, 5.41) is 0. The Balaban J connectivity index is 1.37. The molecule has 0 bridgehead atoms. The maximum absolute atomic E-state index is 13.2. The zero-order valence-electron chi connectivity index (χ0n) is 16.1. The minimum absolute atomic E-state index is 0.0633. The second kappa shape index (κ2) is 8.28. The first-order valence-electron chi connectivity index (χ1n) is 10.5. The molecule has 0 spiro atoms. The summed E-state index contributed by atoms with van der Waals surface area (Å²) in [6.07, 6.45) is 10.4. The van der Waals surface area contributed by atoms with Crippen molar-refractivity contribution in [3.8, 4) is 0 Å². The van der Waals surface area contributed by atoms with Crippen LogP contribution in [0, 0.1) is 17.8 Å². The average molecular weight is 367 g/mol. The zero-order valence-corrected chi connectivity index (χ0v) is 16.1. The van der Waals surface area contributed by atoms with Crippen molar-refractivity contribution in [1.82, 2.24) is 9.80 Å². The lowest BCUT2D eigenvalue weighted by Crippen LogP contribution is -2.46. The first-order valence-corrected chi connectivity index (χ1v) is 10.5. The van der Waals surface area contributed by atoms with Crippen molar-refractivity contribution < 1.29 is 9.59 Å². The highest BCUT2D eigenvalue weighted by Crippen LogP contribution is 2.34. The van der Waals surface area contributed by atoms with Gasteiger partial charge in [0.2, 0.25) is 11.8 Å². The number of allylic oxidation sites excluding steroid dienone is 1. The number of carbonyl (C=O) groups excluding carboxylic acids is 2. The van der Waals surface area contributed by atoms with Crippen LogP contribution in [0.5, 0.6) is 0 Å². The van der Waals surface area contributed by atoms with Crippen LogP contribution < -0.4 is 0 Å². The van der Waals surface area contributed by atoms with E-state index in [4.69, 9.17) is 0 Å². The van der Waals surface area contributed by atoms with Gasteiger partial charge in [-0.1, -0.05) is 48.9 Å². The largest absolute Gasteiger partial charge is 0.342 e. The van der Waals surface area contributed by atoms with Gasteiger partial charge in [-0.15, -0.1) is 0 Å². The van der Waals surface area contributed by atoms with E-state index in [-0.39, 0.29) is 17.7 Å². The van der Waals surface area contributed by atoms with E-state index in [0.717, 1.165) is 45.2 Å². The normalized spacial score (nSPS) is 24.6. The summed E-state index contributed by atoms with van der Waals surface area (Å²) in [7, 11) is 0. The molecule has 144 valence electrons. The molecule has 2 fully saturated rings. The predicted octanol–water partition coefficient (Wildman–Crippen LogP) is 3.63. The predicted molar refractivity (Wildman–Crippen MR) is 106 cm³/mol. The van der Waals surface area contributed by atoms with Gasteiger partial charge in [-0.05, 0) is 43.6 Å². The van der Waals surface area contributed by atoms with Gasteiger partial charge in [0.15, 0.2) is 0 Å². The molecule has 1 atom stereocenters. The van der Waals surface area contributed by atoms with Crippen molar-refractivity contribution in [2.75, 3.05) is 19.6 Å². The smallest absolute Gasteiger partial charge is 0.226 e. The van der Waals surface area contributed by atoms with E-state index in [1.165, 1.54) is 12.0 Å². The highest BCUT2D eigenvalue weighted by atomic mass is 16.2. The molecule has 4 nitrogen and oxygen atoms in total. The Morgan fingerprint density at radius 1 is 1.00 bits per heavy atom. The lowest BCUT2D eigenvalue weighted by molar-refractivity contribution is -0.141. The molecule has 0 radical (unpaired) electrons. The molecule has 3 aliphatic rings. The van der Waals surface area contributed by atoms with Crippen LogP contribution in [0.3, 0.4) is 0 Å². The Hall–Kier alpha value is -2.10. The van der Waals surface area contributed by atoms with Crippen molar-refractivity contribution in [1.29, 1.82) is 0 Å². The van der Waals surface area contributed by atoms with Gasteiger partial charge < -0.3 is 9.80 Å². The molecular weight excluding hydrogens is 336 g/mol. The fraction of sp³-hybridized carbons (Fsp3) is 0.565. The third-order valence-electron chi connectivity index (χ3n) is 6.60. The summed E-state index contributed by atoms with van der Waals surface area (Å²) in [6.45, 7) is 3.03. The van der Waals surface area contributed by atoms with Crippen molar-refractivity contribution in [3.05, 3.63) is 48.0 Å². The van der Waals surface area contributed by atoms with E-state index in [9.17, 15) is 9.59 Å². The second-order valence-electron chi connectivity index (χ2n) is 8.31. The van der Waals surface area contributed by atoms with E-state index in [0.29, 0.717) is 24.9 Å². The van der Waals surface area contributed by atoms with Gasteiger partial charge in [0.05, 0.1) is 0 Å². The van der Waals surface area contributed by atoms with Gasteiger partial charge in [0.25, 0.3) is 0 Å². The fourth-order valence-electron chi connectivity index (χ4n) is 4.65. The Morgan fingerprint density at radius 3 is 2.41 bits per heavy atom. The van der Waals surface area contributed by atoms with Crippen LogP contribution in [0.15, 0.2) is 42.5 Å². The van der Waals surface area contributed by atoms with Crippen LogP contribution >= 0.6 is 0 Å². The molecule has 1 aliphatic carbocycles. The molecule has 0 N–H and O–H groups in total. The van der Waals surface area contributed by atoms with Gasteiger partial charge in [-0.2, -0.15) is 0 Å². The molecule has 0 aromatic heterocycles. The summed E-state index contributed by atoms with van der Waals surface area (Å²) in [5.41, 5.74) is 1.18. The molecule has 4 heteroatoms. The number of carbonyl (C=O) groups is 2. The first-order chi connectivity index (χ1) is 13.2. The number of piperidine rings is 1. The molecular formula is C23H30N2O2. The van der Waals surface area contributed by atoms with Gasteiger partial charge in [-0.25, -0.2) is 0 Å². The molecule has 2 heterocycles. The van der Waals surface area contributed by atoms with E-state index >= 15 is 0 Å². The highest BCUT2D eigenvalue weighted by molar-refractivity contribution is 5.81. The number of benzene rings is 1. The van der Waals surface area contributed by atoms with Crippen LogP contribution in [0.1, 0.15) is 44.1 Å². The minimum atomic E-state index is 0.0633. The Labute approximate surface area is 162 Å². The number of amides is 2. The Bertz CT molecular complexity index is 688. The number of hydrogen-bond donors (Lipinski definition) is 0. The third-order valence-corrected chi connectivity index (χ3v) is 6.60. The van der Waals surface area contributed by atoms with Gasteiger partial charge in [0.1, 0.15) is 0 Å². The van der Waals surface area contributed by atoms with Gasteiger partial charge in [0, 0.05) is 38.0 Å². The number of likely N-dealkylation sites (tertiary alicyclic amines) is 1. The first kappa shape index (κ1) is 18.3. The fourth-order valence-corrected chi connectivity index (χ4v) is 4.65. The Kier molecular flexibility index (Phi) is 5.61. The molecule has 1 aromatic rings. The monoisotopic (exact) mass is 366 g/mol. The van der Waals surface area contributed by atoms with Crippen LogP contribution in [0.2, 0.25) is 0 Å². The molecule has 2 aliphatic heterocycles. The van der Waals surface area contributed by atoms with Crippen LogP contribution in [-0.4, -0.2) is 41.2 Å². The van der Waals surface area contributed by atoms with Crippen LogP contribution in [0.25, 0.3) is 0 Å². The summed E-state index contributed by atoms with van der Waals surface area (Å²) in [6, 6.07) is 10.2. The van der Waals surface area contributed by atoms with Crippen LogP contribution in [0.4, 0.5) is 0 Å². The highest BCUT2D eigenvalue weighted by Gasteiger charge is 2.37. The summed E-state index contributed by atoms with van der Waals surface area (Å²) in [4.78, 5) is 29.8. The van der Waals surface area contributed by atoms with E-state index < -0.39 is 0 Å². The lowest BCUT2D eigenvalue weighted by atomic mass is 9.80. The second-order valence-corrected chi connectivity index (χ2v) is 8.31. The lowest BCUT2D eigenvalue weighted by Gasteiger charge is -2.39. The van der Waals surface area contributed by atoms with Crippen molar-refractivity contribution >= 4 is 11.8 Å². The number of hydrogen-bond acceptors (Lipinski definition) is 2. The van der Waals surface area contributed by atoms with Crippen molar-refractivity contribution in [2.24, 2.45) is 17.8 Å². The standard InChI is InChI=1S/C23H30N2O2/c26-22(20-9-6-10-20)24-15-12-19(13-16-24)21-11-4-5-14-25(23(21)27)17-18-7-2-1-3-8-18/h1-5,7-8,19-21H,6,9-17H2/t21-/m0/s1. The zero-order chi connectivity index (χ0) is 18.6. The van der Waals surface area contributed by atoms with Crippen molar-refractivity contribution in [3.63, 3.8) is 0 Å². The van der Waals surface area contributed by atoms with Gasteiger partial charge >= 0.3 is 0 Å².